The minimum atomic E-state index is -0.807. The van der Waals surface area contributed by atoms with Gasteiger partial charge >= 0.3 is 0 Å². The van der Waals surface area contributed by atoms with E-state index in [2.05, 4.69) is 20.6 Å². The van der Waals surface area contributed by atoms with Gasteiger partial charge in [-0.1, -0.05) is 11.6 Å². The Morgan fingerprint density at radius 1 is 1.38 bits per heavy atom. The topological polar surface area (TPSA) is 67.7 Å². The average molecular weight is 353 g/mol. The number of nitrogens with zero attached hydrogens (tertiary/aromatic N) is 2. The first-order valence-corrected chi connectivity index (χ1v) is 7.09. The molecule has 0 spiro atoms. The minimum absolute atomic E-state index is 0.0131. The van der Waals surface area contributed by atoms with Crippen molar-refractivity contribution in [3.05, 3.63) is 59.0 Å². The Balaban J connectivity index is 2.15. The SMILES string of the molecule is CONC(=O)c1cn2ccnc2c(F)c1Nc1ccc(Cl)cc1F. The number of anilines is 2. The summed E-state index contributed by atoms with van der Waals surface area (Å²) in [6.07, 6.45) is 4.22. The molecular formula is C15H11ClF2N4O2. The molecule has 0 aliphatic heterocycles. The highest BCUT2D eigenvalue weighted by atomic mass is 35.5. The van der Waals surface area contributed by atoms with E-state index in [-0.39, 0.29) is 27.6 Å². The molecule has 6 nitrogen and oxygen atoms in total. The van der Waals surface area contributed by atoms with Crippen molar-refractivity contribution in [2.75, 3.05) is 12.4 Å². The summed E-state index contributed by atoms with van der Waals surface area (Å²) in [6.45, 7) is 0. The van der Waals surface area contributed by atoms with Crippen molar-refractivity contribution in [1.82, 2.24) is 14.9 Å². The van der Waals surface area contributed by atoms with Gasteiger partial charge in [0.2, 0.25) is 0 Å². The summed E-state index contributed by atoms with van der Waals surface area (Å²) in [7, 11) is 1.25. The Hall–Kier alpha value is -2.71. The van der Waals surface area contributed by atoms with Gasteiger partial charge in [0.25, 0.3) is 5.91 Å². The predicted molar refractivity (Wildman–Crippen MR) is 84.3 cm³/mol. The van der Waals surface area contributed by atoms with E-state index in [1.54, 1.807) is 0 Å². The van der Waals surface area contributed by atoms with Crippen molar-refractivity contribution < 1.29 is 18.4 Å². The normalized spacial score (nSPS) is 10.8. The Labute approximate surface area is 140 Å². The quantitative estimate of drug-likeness (QED) is 0.707. The van der Waals surface area contributed by atoms with E-state index in [0.29, 0.717) is 0 Å². The summed E-state index contributed by atoms with van der Waals surface area (Å²) in [5.41, 5.74) is 1.73. The van der Waals surface area contributed by atoms with Crippen LogP contribution in [0.15, 0.2) is 36.8 Å². The van der Waals surface area contributed by atoms with E-state index in [0.717, 1.165) is 6.07 Å². The molecule has 0 atom stereocenters. The van der Waals surface area contributed by atoms with Crippen LogP contribution in [0.5, 0.6) is 0 Å². The van der Waals surface area contributed by atoms with Crippen LogP contribution in [0.1, 0.15) is 10.4 Å². The molecule has 0 radical (unpaired) electrons. The van der Waals surface area contributed by atoms with Gasteiger partial charge in [-0.3, -0.25) is 9.63 Å². The van der Waals surface area contributed by atoms with Crippen molar-refractivity contribution in [1.29, 1.82) is 0 Å². The van der Waals surface area contributed by atoms with Crippen LogP contribution in [-0.4, -0.2) is 22.4 Å². The summed E-state index contributed by atoms with van der Waals surface area (Å²) >= 11 is 5.70. The largest absolute Gasteiger partial charge is 0.350 e. The van der Waals surface area contributed by atoms with Crippen molar-refractivity contribution >= 4 is 34.5 Å². The molecule has 3 aromatic rings. The first kappa shape index (κ1) is 16.2. The lowest BCUT2D eigenvalue weighted by atomic mass is 10.2. The summed E-state index contributed by atoms with van der Waals surface area (Å²) in [5, 5.41) is 2.77. The number of fused-ring (bicyclic) bond motifs is 1. The van der Waals surface area contributed by atoms with Crippen molar-refractivity contribution in [2.24, 2.45) is 0 Å². The van der Waals surface area contributed by atoms with E-state index in [4.69, 9.17) is 11.6 Å². The first-order valence-electron chi connectivity index (χ1n) is 6.72. The molecule has 2 heterocycles. The highest BCUT2D eigenvalue weighted by Gasteiger charge is 2.21. The van der Waals surface area contributed by atoms with Gasteiger partial charge in [-0.05, 0) is 18.2 Å². The Kier molecular flexibility index (Phi) is 4.32. The number of imidazole rings is 1. The zero-order chi connectivity index (χ0) is 17.3. The van der Waals surface area contributed by atoms with Crippen LogP contribution in [0.3, 0.4) is 0 Å². The van der Waals surface area contributed by atoms with E-state index in [1.807, 2.05) is 0 Å². The number of pyridine rings is 1. The van der Waals surface area contributed by atoms with Gasteiger partial charge < -0.3 is 9.72 Å². The second kappa shape index (κ2) is 6.42. The Morgan fingerprint density at radius 3 is 2.88 bits per heavy atom. The van der Waals surface area contributed by atoms with E-state index in [1.165, 1.54) is 42.2 Å². The highest BCUT2D eigenvalue weighted by Crippen LogP contribution is 2.29. The molecule has 0 aliphatic carbocycles. The molecule has 0 aliphatic rings. The van der Waals surface area contributed by atoms with Crippen LogP contribution >= 0.6 is 11.6 Å². The molecule has 0 saturated heterocycles. The number of hydrogen-bond donors (Lipinski definition) is 2. The van der Waals surface area contributed by atoms with Gasteiger partial charge in [0.05, 0.1) is 24.0 Å². The summed E-state index contributed by atoms with van der Waals surface area (Å²) in [5.74, 6) is -2.20. The fourth-order valence-electron chi connectivity index (χ4n) is 2.19. The Bertz CT molecular complexity index is 929. The number of hydroxylamine groups is 1. The smallest absolute Gasteiger partial charge is 0.278 e. The molecule has 0 unspecified atom stereocenters. The number of carbonyl (C=O) groups excluding carboxylic acids is 1. The van der Waals surface area contributed by atoms with Crippen LogP contribution in [0.25, 0.3) is 5.65 Å². The lowest BCUT2D eigenvalue weighted by molar-refractivity contribution is 0.0538. The molecule has 124 valence electrons. The third-order valence-electron chi connectivity index (χ3n) is 3.25. The molecule has 2 aromatic heterocycles. The fraction of sp³-hybridized carbons (Fsp3) is 0.0667. The van der Waals surface area contributed by atoms with Crippen LogP contribution in [0.4, 0.5) is 20.2 Å². The van der Waals surface area contributed by atoms with Crippen LogP contribution in [0.2, 0.25) is 5.02 Å². The van der Waals surface area contributed by atoms with Gasteiger partial charge in [-0.25, -0.2) is 19.2 Å². The number of aromatic nitrogens is 2. The van der Waals surface area contributed by atoms with Crippen molar-refractivity contribution in [3.63, 3.8) is 0 Å². The second-order valence-corrected chi connectivity index (χ2v) is 5.21. The number of carbonyl (C=O) groups is 1. The molecular weight excluding hydrogens is 342 g/mol. The molecule has 9 heteroatoms. The number of halogens is 3. The monoisotopic (exact) mass is 352 g/mol. The number of amides is 1. The van der Waals surface area contributed by atoms with Crippen LogP contribution in [0, 0.1) is 11.6 Å². The van der Waals surface area contributed by atoms with Crippen LogP contribution < -0.4 is 10.8 Å². The minimum Gasteiger partial charge on any atom is -0.350 e. The van der Waals surface area contributed by atoms with E-state index >= 15 is 0 Å². The van der Waals surface area contributed by atoms with Gasteiger partial charge in [0.1, 0.15) is 5.82 Å². The molecule has 1 amide bonds. The van der Waals surface area contributed by atoms with Gasteiger partial charge in [0, 0.05) is 23.6 Å². The summed E-state index contributed by atoms with van der Waals surface area (Å²) < 4.78 is 30.1. The third kappa shape index (κ3) is 2.89. The number of hydrogen-bond acceptors (Lipinski definition) is 4. The third-order valence-corrected chi connectivity index (χ3v) is 3.49. The van der Waals surface area contributed by atoms with Gasteiger partial charge in [0.15, 0.2) is 11.5 Å². The first-order chi connectivity index (χ1) is 11.5. The lowest BCUT2D eigenvalue weighted by Crippen LogP contribution is -2.24. The number of benzene rings is 1. The fourth-order valence-corrected chi connectivity index (χ4v) is 2.35. The van der Waals surface area contributed by atoms with E-state index in [9.17, 15) is 13.6 Å². The predicted octanol–water partition coefficient (Wildman–Crippen LogP) is 3.30. The number of nitrogens with one attached hydrogen (secondary N) is 2. The van der Waals surface area contributed by atoms with Crippen LogP contribution in [-0.2, 0) is 4.84 Å². The molecule has 1 aromatic carbocycles. The average Bonchev–Trinajstić information content (AvgIpc) is 3.01. The molecule has 3 rings (SSSR count). The second-order valence-electron chi connectivity index (χ2n) is 4.77. The van der Waals surface area contributed by atoms with Crippen molar-refractivity contribution in [3.8, 4) is 0 Å². The maximum atomic E-state index is 14.7. The van der Waals surface area contributed by atoms with E-state index < -0.39 is 17.5 Å². The highest BCUT2D eigenvalue weighted by molar-refractivity contribution is 6.30. The lowest BCUT2D eigenvalue weighted by Gasteiger charge is -2.14. The summed E-state index contributed by atoms with van der Waals surface area (Å²) in [4.78, 5) is 20.6. The van der Waals surface area contributed by atoms with Gasteiger partial charge in [-0.2, -0.15) is 0 Å². The zero-order valence-electron chi connectivity index (χ0n) is 12.3. The molecule has 2 N–H and O–H groups in total. The maximum Gasteiger partial charge on any atom is 0.278 e. The standard InChI is InChI=1S/C15H11ClF2N4O2/c1-24-21-15(23)9-7-22-5-4-19-14(22)12(18)13(9)20-11-3-2-8(16)6-10(11)17/h2-7,20H,1H3,(H,21,23). The molecule has 0 saturated carbocycles. The maximum absolute atomic E-state index is 14.7. The molecule has 24 heavy (non-hydrogen) atoms. The Morgan fingerprint density at radius 2 is 2.17 bits per heavy atom. The summed E-state index contributed by atoms with van der Waals surface area (Å²) in [6, 6.07) is 3.85. The molecule has 0 bridgehead atoms. The number of rotatable bonds is 4. The van der Waals surface area contributed by atoms with Crippen molar-refractivity contribution in [2.45, 2.75) is 0 Å². The zero-order valence-corrected chi connectivity index (χ0v) is 13.1. The molecule has 0 fully saturated rings. The van der Waals surface area contributed by atoms with Gasteiger partial charge in [-0.15, -0.1) is 0 Å².